The van der Waals surface area contributed by atoms with E-state index in [0.717, 1.165) is 5.56 Å². The number of rotatable bonds is 5. The molecule has 1 amide bonds. The van der Waals surface area contributed by atoms with Crippen LogP contribution in [0.4, 0.5) is 10.5 Å². The summed E-state index contributed by atoms with van der Waals surface area (Å²) in [6, 6.07) is 4.18. The molecule has 0 aliphatic heterocycles. The molecule has 1 atom stereocenters. The average molecular weight is 352 g/mol. The van der Waals surface area contributed by atoms with Crippen molar-refractivity contribution in [2.45, 2.75) is 58.3 Å². The monoisotopic (exact) mass is 352 g/mol. The maximum absolute atomic E-state index is 12.0. The molecule has 1 aromatic carbocycles. The Labute approximate surface area is 148 Å². The molecule has 0 aliphatic carbocycles. The van der Waals surface area contributed by atoms with E-state index in [-0.39, 0.29) is 6.42 Å². The van der Waals surface area contributed by atoms with E-state index in [1.807, 2.05) is 0 Å². The fraction of sp³-hybridized carbons (Fsp3) is 0.556. The van der Waals surface area contributed by atoms with Crippen LogP contribution >= 0.6 is 0 Å². The molecule has 7 heteroatoms. The summed E-state index contributed by atoms with van der Waals surface area (Å²) in [5, 5.41) is 12.7. The molecule has 0 saturated heterocycles. The largest absolute Gasteiger partial charge is 0.467 e. The van der Waals surface area contributed by atoms with Gasteiger partial charge >= 0.3 is 12.1 Å². The summed E-state index contributed by atoms with van der Waals surface area (Å²) >= 11 is 0. The number of aliphatic hydroxyl groups is 1. The van der Waals surface area contributed by atoms with Crippen LogP contribution < -0.4 is 11.1 Å². The van der Waals surface area contributed by atoms with Crippen molar-refractivity contribution in [3.8, 4) is 0 Å². The number of nitrogens with two attached hydrogens (primary N) is 1. The van der Waals surface area contributed by atoms with Crippen LogP contribution in [0.15, 0.2) is 18.2 Å². The van der Waals surface area contributed by atoms with Crippen LogP contribution in [0, 0.1) is 0 Å². The Hall–Kier alpha value is -2.28. The first-order valence-electron chi connectivity index (χ1n) is 8.02. The van der Waals surface area contributed by atoms with Crippen molar-refractivity contribution < 1.29 is 24.2 Å². The van der Waals surface area contributed by atoms with Gasteiger partial charge in [0, 0.05) is 17.7 Å². The molecule has 0 heterocycles. The summed E-state index contributed by atoms with van der Waals surface area (Å²) in [7, 11) is 1.25. The number of anilines is 1. The quantitative estimate of drug-likeness (QED) is 0.553. The summed E-state index contributed by atoms with van der Waals surface area (Å²) in [5.41, 5.74) is 5.81. The van der Waals surface area contributed by atoms with Crippen molar-refractivity contribution >= 4 is 17.7 Å². The summed E-state index contributed by atoms with van der Waals surface area (Å²) in [4.78, 5) is 24.0. The van der Waals surface area contributed by atoms with Gasteiger partial charge in [-0.2, -0.15) is 0 Å². The van der Waals surface area contributed by atoms with Crippen LogP contribution in [0.5, 0.6) is 0 Å². The summed E-state index contributed by atoms with van der Waals surface area (Å²) in [6.07, 6.45) is -0.531. The molecule has 1 unspecified atom stereocenters. The number of nitrogen functional groups attached to an aromatic ring is 1. The van der Waals surface area contributed by atoms with Crippen LogP contribution in [0.1, 0.15) is 45.7 Å². The molecule has 4 N–H and O–H groups in total. The lowest BCUT2D eigenvalue weighted by atomic mass is 9.93. The minimum atomic E-state index is -1.13. The highest BCUT2D eigenvalue weighted by Crippen LogP contribution is 2.27. The van der Waals surface area contributed by atoms with E-state index in [2.05, 4.69) is 5.32 Å². The van der Waals surface area contributed by atoms with Gasteiger partial charge < -0.3 is 25.6 Å². The third-order valence-electron chi connectivity index (χ3n) is 3.39. The molecule has 0 aliphatic rings. The molecular formula is C18H28N2O5. The molecular weight excluding hydrogens is 324 g/mol. The fourth-order valence-electron chi connectivity index (χ4n) is 2.28. The van der Waals surface area contributed by atoms with Crippen molar-refractivity contribution in [2.24, 2.45) is 0 Å². The van der Waals surface area contributed by atoms with Gasteiger partial charge in [-0.25, -0.2) is 9.59 Å². The summed E-state index contributed by atoms with van der Waals surface area (Å²) < 4.78 is 9.93. The minimum absolute atomic E-state index is 0.176. The van der Waals surface area contributed by atoms with E-state index in [1.54, 1.807) is 52.8 Å². The first-order chi connectivity index (χ1) is 11.3. The second-order valence-corrected chi connectivity index (χ2v) is 7.41. The van der Waals surface area contributed by atoms with Crippen LogP contribution in [0.3, 0.4) is 0 Å². The highest BCUT2D eigenvalue weighted by Gasteiger charge is 2.26. The number of amides is 1. The third kappa shape index (κ3) is 6.62. The predicted octanol–water partition coefficient (Wildman–Crippen LogP) is 2.11. The molecule has 0 fully saturated rings. The molecule has 0 bridgehead atoms. The molecule has 1 rings (SSSR count). The number of hydrogen-bond donors (Lipinski definition) is 3. The maximum atomic E-state index is 12.0. The SMILES string of the molecule is COC(=O)C(Cc1ccc(N)c(C(C)(C)O)c1)NC(=O)OC(C)(C)C. The third-order valence-corrected chi connectivity index (χ3v) is 3.39. The van der Waals surface area contributed by atoms with Crippen LogP contribution in [0.25, 0.3) is 0 Å². The molecule has 0 radical (unpaired) electrons. The van der Waals surface area contributed by atoms with Crippen molar-refractivity contribution in [2.75, 3.05) is 12.8 Å². The first kappa shape index (κ1) is 20.8. The molecule has 25 heavy (non-hydrogen) atoms. The number of alkyl carbamates (subject to hydrolysis) is 1. The highest BCUT2D eigenvalue weighted by molar-refractivity contribution is 5.81. The van der Waals surface area contributed by atoms with Gasteiger partial charge in [-0.05, 0) is 46.2 Å². The zero-order valence-corrected chi connectivity index (χ0v) is 15.7. The van der Waals surface area contributed by atoms with Crippen LogP contribution in [0.2, 0.25) is 0 Å². The normalized spacial score (nSPS) is 13.1. The number of ether oxygens (including phenoxy) is 2. The van der Waals surface area contributed by atoms with Gasteiger partial charge in [0.2, 0.25) is 0 Å². The zero-order chi connectivity index (χ0) is 19.4. The lowest BCUT2D eigenvalue weighted by Crippen LogP contribution is -2.45. The van der Waals surface area contributed by atoms with Crippen LogP contribution in [-0.2, 0) is 26.3 Å². The molecule has 140 valence electrons. The molecule has 1 aromatic rings. The molecule has 0 saturated carbocycles. The van der Waals surface area contributed by atoms with E-state index < -0.39 is 29.3 Å². The number of methoxy groups -OCH3 is 1. The topological polar surface area (TPSA) is 111 Å². The summed E-state index contributed by atoms with van der Waals surface area (Å²) in [5.74, 6) is -0.590. The Bertz CT molecular complexity index is 629. The number of esters is 1. The Balaban J connectivity index is 3.00. The van der Waals surface area contributed by atoms with E-state index >= 15 is 0 Å². The first-order valence-corrected chi connectivity index (χ1v) is 8.02. The van der Waals surface area contributed by atoms with Crippen LogP contribution in [-0.4, -0.2) is 35.9 Å². The average Bonchev–Trinajstić information content (AvgIpc) is 2.44. The van der Waals surface area contributed by atoms with Crippen molar-refractivity contribution in [1.82, 2.24) is 5.32 Å². The maximum Gasteiger partial charge on any atom is 0.408 e. The Morgan fingerprint density at radius 2 is 1.84 bits per heavy atom. The zero-order valence-electron chi connectivity index (χ0n) is 15.7. The Kier molecular flexibility index (Phi) is 6.42. The Morgan fingerprint density at radius 1 is 1.24 bits per heavy atom. The Morgan fingerprint density at radius 3 is 2.32 bits per heavy atom. The minimum Gasteiger partial charge on any atom is -0.467 e. The predicted molar refractivity (Wildman–Crippen MR) is 95.0 cm³/mol. The molecule has 0 aromatic heterocycles. The van der Waals surface area contributed by atoms with Gasteiger partial charge in [0.05, 0.1) is 12.7 Å². The van der Waals surface area contributed by atoms with E-state index in [9.17, 15) is 14.7 Å². The smallest absolute Gasteiger partial charge is 0.408 e. The van der Waals surface area contributed by atoms with Gasteiger partial charge in [-0.3, -0.25) is 0 Å². The number of carbonyl (C=O) groups excluding carboxylic acids is 2. The summed E-state index contributed by atoms with van der Waals surface area (Å²) in [6.45, 7) is 8.44. The van der Waals surface area contributed by atoms with Crippen molar-refractivity contribution in [3.05, 3.63) is 29.3 Å². The van der Waals surface area contributed by atoms with E-state index in [4.69, 9.17) is 15.2 Å². The van der Waals surface area contributed by atoms with Gasteiger partial charge in [-0.15, -0.1) is 0 Å². The lowest BCUT2D eigenvalue weighted by molar-refractivity contribution is -0.143. The lowest BCUT2D eigenvalue weighted by Gasteiger charge is -2.24. The second kappa shape index (κ2) is 7.74. The van der Waals surface area contributed by atoms with Crippen molar-refractivity contribution in [1.29, 1.82) is 0 Å². The van der Waals surface area contributed by atoms with Gasteiger partial charge in [0.1, 0.15) is 11.6 Å². The van der Waals surface area contributed by atoms with Crippen molar-refractivity contribution in [3.63, 3.8) is 0 Å². The number of nitrogens with one attached hydrogen (secondary N) is 1. The molecule has 7 nitrogen and oxygen atoms in total. The number of hydrogen-bond acceptors (Lipinski definition) is 6. The standard InChI is InChI=1S/C18H28N2O5/c1-17(2,3)25-16(22)20-14(15(21)24-6)10-11-7-8-13(19)12(9-11)18(4,5)23/h7-9,14,23H,10,19H2,1-6H3,(H,20,22). The highest BCUT2D eigenvalue weighted by atomic mass is 16.6. The van der Waals surface area contributed by atoms with E-state index in [0.29, 0.717) is 11.3 Å². The van der Waals surface area contributed by atoms with Gasteiger partial charge in [-0.1, -0.05) is 12.1 Å². The number of benzene rings is 1. The van der Waals surface area contributed by atoms with E-state index in [1.165, 1.54) is 7.11 Å². The molecule has 0 spiro atoms. The van der Waals surface area contributed by atoms with Gasteiger partial charge in [0.25, 0.3) is 0 Å². The second-order valence-electron chi connectivity index (χ2n) is 7.41. The van der Waals surface area contributed by atoms with Gasteiger partial charge in [0.15, 0.2) is 0 Å². The fourth-order valence-corrected chi connectivity index (χ4v) is 2.28. The number of carbonyl (C=O) groups is 2.